The number of nitrogens with one attached hydrogen (secondary N) is 1. The summed E-state index contributed by atoms with van der Waals surface area (Å²) in [6.45, 7) is 5.76. The number of rotatable bonds is 4. The van der Waals surface area contributed by atoms with Gasteiger partial charge in [0.2, 0.25) is 0 Å². The molecule has 1 unspecified atom stereocenters. The Morgan fingerprint density at radius 2 is 2.47 bits per heavy atom. The van der Waals surface area contributed by atoms with Crippen LogP contribution < -0.4 is 11.1 Å². The van der Waals surface area contributed by atoms with Gasteiger partial charge in [-0.05, 0) is 26.7 Å². The van der Waals surface area contributed by atoms with Gasteiger partial charge >= 0.3 is 0 Å². The molecule has 7 heteroatoms. The number of carbonyl (C=O) groups excluding carboxylic acids is 1. The van der Waals surface area contributed by atoms with E-state index in [1.54, 1.807) is 10.9 Å². The Morgan fingerprint density at radius 3 is 3.16 bits per heavy atom. The van der Waals surface area contributed by atoms with Gasteiger partial charge in [-0.2, -0.15) is 0 Å². The normalized spacial score (nSPS) is 22.2. The number of hydrogen-bond acceptors (Lipinski definition) is 5. The van der Waals surface area contributed by atoms with Gasteiger partial charge in [0.15, 0.2) is 5.69 Å². The summed E-state index contributed by atoms with van der Waals surface area (Å²) in [5.74, 6) is -0.189. The lowest BCUT2D eigenvalue weighted by molar-refractivity contribution is -0.0615. The molecule has 1 amide bonds. The average molecular weight is 267 g/mol. The maximum atomic E-state index is 12.0. The summed E-state index contributed by atoms with van der Waals surface area (Å²) >= 11 is 0. The van der Waals surface area contributed by atoms with E-state index in [-0.39, 0.29) is 17.6 Å². The van der Waals surface area contributed by atoms with Crippen LogP contribution >= 0.6 is 0 Å². The van der Waals surface area contributed by atoms with Gasteiger partial charge in [0.1, 0.15) is 0 Å². The average Bonchev–Trinajstić information content (AvgIpc) is 2.77. The van der Waals surface area contributed by atoms with E-state index >= 15 is 0 Å². The Labute approximate surface area is 112 Å². The van der Waals surface area contributed by atoms with E-state index in [2.05, 4.69) is 15.6 Å². The minimum Gasteiger partial charge on any atom is -0.375 e. The van der Waals surface area contributed by atoms with Crippen LogP contribution in [0.25, 0.3) is 0 Å². The highest BCUT2D eigenvalue weighted by atomic mass is 16.5. The van der Waals surface area contributed by atoms with Crippen molar-refractivity contribution in [3.05, 3.63) is 11.9 Å². The molecule has 0 saturated carbocycles. The molecule has 1 atom stereocenters. The molecule has 1 aliphatic heterocycles. The Morgan fingerprint density at radius 1 is 1.68 bits per heavy atom. The van der Waals surface area contributed by atoms with Crippen molar-refractivity contribution in [3.8, 4) is 0 Å². The van der Waals surface area contributed by atoms with Crippen LogP contribution in [0.15, 0.2) is 6.20 Å². The quantitative estimate of drug-likeness (QED) is 0.796. The van der Waals surface area contributed by atoms with Gasteiger partial charge < -0.3 is 15.8 Å². The van der Waals surface area contributed by atoms with Crippen LogP contribution in [-0.4, -0.2) is 45.7 Å². The van der Waals surface area contributed by atoms with Crippen molar-refractivity contribution in [2.75, 3.05) is 13.2 Å². The largest absolute Gasteiger partial charge is 0.375 e. The molecular weight excluding hydrogens is 246 g/mol. The molecule has 3 N–H and O–H groups in total. The Bertz CT molecular complexity index is 443. The van der Waals surface area contributed by atoms with Gasteiger partial charge in [-0.15, -0.1) is 5.10 Å². The molecule has 1 aliphatic rings. The predicted octanol–water partition coefficient (Wildman–Crippen LogP) is -0.0758. The molecule has 1 aromatic heterocycles. The summed E-state index contributed by atoms with van der Waals surface area (Å²) in [5, 5.41) is 10.7. The molecule has 0 bridgehead atoms. The lowest BCUT2D eigenvalue weighted by Gasteiger charge is -2.35. The zero-order chi connectivity index (χ0) is 13.9. The Balaban J connectivity index is 1.92. The van der Waals surface area contributed by atoms with Crippen molar-refractivity contribution in [2.24, 2.45) is 5.73 Å². The second-order valence-electron chi connectivity index (χ2n) is 5.43. The van der Waals surface area contributed by atoms with Gasteiger partial charge in [-0.25, -0.2) is 0 Å². The van der Waals surface area contributed by atoms with Gasteiger partial charge in [0.05, 0.1) is 18.3 Å². The number of carbonyl (C=O) groups is 1. The Hall–Kier alpha value is -1.47. The summed E-state index contributed by atoms with van der Waals surface area (Å²) in [6.07, 6.45) is 3.24. The lowest BCUT2D eigenvalue weighted by atomic mass is 9.94. The first kappa shape index (κ1) is 14.0. The molecule has 2 rings (SSSR count). The topological polar surface area (TPSA) is 95.1 Å². The highest BCUT2D eigenvalue weighted by molar-refractivity contribution is 5.92. The third-order valence-electron chi connectivity index (χ3n) is 3.16. The number of aromatic nitrogens is 3. The molecule has 1 fully saturated rings. The van der Waals surface area contributed by atoms with E-state index in [9.17, 15) is 4.79 Å². The minimum absolute atomic E-state index is 0.121. The van der Waals surface area contributed by atoms with Gasteiger partial charge in [0, 0.05) is 19.2 Å². The summed E-state index contributed by atoms with van der Waals surface area (Å²) in [6, 6.07) is 0.121. The molecule has 7 nitrogen and oxygen atoms in total. The number of ether oxygens (including phenoxy) is 1. The number of amides is 1. The summed E-state index contributed by atoms with van der Waals surface area (Å²) in [5.41, 5.74) is 5.57. The molecule has 2 heterocycles. The van der Waals surface area contributed by atoms with Crippen LogP contribution in [0.3, 0.4) is 0 Å². The van der Waals surface area contributed by atoms with E-state index < -0.39 is 0 Å². The van der Waals surface area contributed by atoms with E-state index in [1.165, 1.54) is 0 Å². The maximum Gasteiger partial charge on any atom is 0.273 e. The highest BCUT2D eigenvalue weighted by Gasteiger charge is 2.30. The fourth-order valence-electron chi connectivity index (χ4n) is 2.26. The number of hydrogen-bond donors (Lipinski definition) is 2. The highest BCUT2D eigenvalue weighted by Crippen LogP contribution is 2.23. The first-order valence-corrected chi connectivity index (χ1v) is 6.55. The van der Waals surface area contributed by atoms with Gasteiger partial charge in [0.25, 0.3) is 5.91 Å². The minimum atomic E-state index is -0.189. The van der Waals surface area contributed by atoms with E-state index in [0.29, 0.717) is 25.4 Å². The van der Waals surface area contributed by atoms with Crippen molar-refractivity contribution >= 4 is 5.91 Å². The fraction of sp³-hybridized carbons (Fsp3) is 0.750. The zero-order valence-electron chi connectivity index (χ0n) is 11.4. The summed E-state index contributed by atoms with van der Waals surface area (Å²) in [4.78, 5) is 12.0. The predicted molar refractivity (Wildman–Crippen MR) is 69.6 cm³/mol. The summed E-state index contributed by atoms with van der Waals surface area (Å²) in [7, 11) is 0. The van der Waals surface area contributed by atoms with Crippen LogP contribution in [0.1, 0.15) is 37.2 Å². The Kier molecular flexibility index (Phi) is 4.16. The van der Waals surface area contributed by atoms with Crippen LogP contribution in [-0.2, 0) is 11.3 Å². The lowest BCUT2D eigenvalue weighted by Crippen LogP contribution is -2.45. The van der Waals surface area contributed by atoms with Crippen molar-refractivity contribution in [3.63, 3.8) is 0 Å². The van der Waals surface area contributed by atoms with Crippen molar-refractivity contribution in [2.45, 2.75) is 44.9 Å². The second-order valence-corrected chi connectivity index (χ2v) is 5.43. The molecule has 106 valence electrons. The third-order valence-corrected chi connectivity index (χ3v) is 3.16. The first-order chi connectivity index (χ1) is 9.00. The van der Waals surface area contributed by atoms with Crippen molar-refractivity contribution in [1.82, 2.24) is 20.3 Å². The standard InChI is InChI=1S/C12H21N5O2/c1-12(2)7-9(3-6-19-12)14-11(18)10-8-17(5-4-13)16-15-10/h8-9H,3-7,13H2,1-2H3,(H,14,18). The summed E-state index contributed by atoms with van der Waals surface area (Å²) < 4.78 is 7.19. The molecule has 0 radical (unpaired) electrons. The second kappa shape index (κ2) is 5.66. The van der Waals surface area contributed by atoms with Crippen LogP contribution in [0.5, 0.6) is 0 Å². The molecular formula is C12H21N5O2. The van der Waals surface area contributed by atoms with E-state index in [1.807, 2.05) is 13.8 Å². The van der Waals surface area contributed by atoms with Crippen molar-refractivity contribution < 1.29 is 9.53 Å². The smallest absolute Gasteiger partial charge is 0.273 e. The van der Waals surface area contributed by atoms with Gasteiger partial charge in [-0.1, -0.05) is 5.21 Å². The van der Waals surface area contributed by atoms with Crippen LogP contribution in [0.2, 0.25) is 0 Å². The zero-order valence-corrected chi connectivity index (χ0v) is 11.4. The molecule has 0 aromatic carbocycles. The first-order valence-electron chi connectivity index (χ1n) is 6.55. The van der Waals surface area contributed by atoms with Crippen LogP contribution in [0, 0.1) is 0 Å². The van der Waals surface area contributed by atoms with Crippen molar-refractivity contribution in [1.29, 1.82) is 0 Å². The molecule has 1 aromatic rings. The maximum absolute atomic E-state index is 12.0. The molecule has 19 heavy (non-hydrogen) atoms. The van der Waals surface area contributed by atoms with Crippen LogP contribution in [0.4, 0.5) is 0 Å². The number of nitrogens with zero attached hydrogens (tertiary/aromatic N) is 3. The SMILES string of the molecule is CC1(C)CC(NC(=O)c2cn(CCN)nn2)CCO1. The molecule has 0 aliphatic carbocycles. The third kappa shape index (κ3) is 3.74. The fourth-order valence-corrected chi connectivity index (χ4v) is 2.26. The molecule has 1 saturated heterocycles. The monoisotopic (exact) mass is 267 g/mol. The number of nitrogens with two attached hydrogens (primary N) is 1. The molecule has 0 spiro atoms. The van der Waals surface area contributed by atoms with E-state index in [4.69, 9.17) is 10.5 Å². The van der Waals surface area contributed by atoms with Gasteiger partial charge in [-0.3, -0.25) is 9.48 Å². The van der Waals surface area contributed by atoms with E-state index in [0.717, 1.165) is 12.8 Å².